The van der Waals surface area contributed by atoms with E-state index in [9.17, 15) is 22.8 Å². The van der Waals surface area contributed by atoms with E-state index in [1.165, 1.54) is 35.5 Å². The second-order valence-corrected chi connectivity index (χ2v) is 15.6. The predicted molar refractivity (Wildman–Crippen MR) is 228 cm³/mol. The van der Waals surface area contributed by atoms with Crippen LogP contribution in [0.3, 0.4) is 0 Å². The van der Waals surface area contributed by atoms with Gasteiger partial charge in [-0.25, -0.2) is 0 Å². The summed E-state index contributed by atoms with van der Waals surface area (Å²) in [7, 11) is 0. The average molecular weight is 851 g/mol. The van der Waals surface area contributed by atoms with Crippen LogP contribution in [-0.2, 0) is 35.3 Å². The van der Waals surface area contributed by atoms with Crippen LogP contribution in [0.25, 0.3) is 6.08 Å². The van der Waals surface area contributed by atoms with Gasteiger partial charge in [0.2, 0.25) is 11.8 Å². The highest BCUT2D eigenvalue weighted by Gasteiger charge is 2.35. The van der Waals surface area contributed by atoms with E-state index in [-0.39, 0.29) is 18.9 Å². The van der Waals surface area contributed by atoms with E-state index in [0.717, 1.165) is 66.1 Å². The molecular formula is C47H47BrF3N5O2. The van der Waals surface area contributed by atoms with Gasteiger partial charge in [0.05, 0.1) is 5.56 Å². The van der Waals surface area contributed by atoms with Gasteiger partial charge in [0.25, 0.3) is 0 Å². The normalized spacial score (nSPS) is 15.8. The SMILES string of the molecule is O=C([C@H](Cc1ccccc1Br)N(Cc1ccc(N2CCN(c3ccccc3)CC2)cc1)C(=O)/C=C/c1ccc(C(F)(F)F)cc1)N1CCN(Cc2ccccc2)CC1. The molecule has 1 atom stereocenters. The molecule has 2 amide bonds. The predicted octanol–water partition coefficient (Wildman–Crippen LogP) is 8.79. The fraction of sp³-hybridized carbons (Fsp3) is 0.277. The number of nitrogens with zero attached hydrogens (tertiary/aromatic N) is 5. The summed E-state index contributed by atoms with van der Waals surface area (Å²) in [4.78, 5) is 39.7. The molecule has 0 unspecified atom stereocenters. The highest BCUT2D eigenvalue weighted by Crippen LogP contribution is 2.30. The van der Waals surface area contributed by atoms with E-state index in [4.69, 9.17) is 0 Å². The molecule has 0 N–H and O–H groups in total. The molecule has 2 aliphatic heterocycles. The Labute approximate surface area is 347 Å². The van der Waals surface area contributed by atoms with Crippen molar-refractivity contribution >= 4 is 45.2 Å². The molecule has 5 aromatic carbocycles. The fourth-order valence-corrected chi connectivity index (χ4v) is 8.09. The number of piperazine rings is 2. The van der Waals surface area contributed by atoms with E-state index in [2.05, 4.69) is 79.2 Å². The zero-order valence-corrected chi connectivity index (χ0v) is 33.9. The van der Waals surface area contributed by atoms with Crippen LogP contribution in [0.2, 0.25) is 0 Å². The lowest BCUT2D eigenvalue weighted by molar-refractivity contribution is -0.145. The quantitative estimate of drug-likeness (QED) is 0.118. The molecule has 2 aliphatic rings. The third-order valence-corrected chi connectivity index (χ3v) is 11.7. The molecule has 0 aromatic heterocycles. The van der Waals surface area contributed by atoms with Crippen LogP contribution >= 0.6 is 15.9 Å². The molecule has 7 rings (SSSR count). The summed E-state index contributed by atoms with van der Waals surface area (Å²) >= 11 is 3.67. The number of rotatable bonds is 12. The Hall–Kier alpha value is -5.39. The monoisotopic (exact) mass is 849 g/mol. The number of carbonyl (C=O) groups excluding carboxylic acids is 2. The average Bonchev–Trinajstić information content (AvgIpc) is 3.25. The number of benzene rings is 5. The number of hydrogen-bond donors (Lipinski definition) is 0. The van der Waals surface area contributed by atoms with E-state index in [1.807, 2.05) is 65.6 Å². The van der Waals surface area contributed by atoms with Gasteiger partial charge in [0.15, 0.2) is 0 Å². The summed E-state index contributed by atoms with van der Waals surface area (Å²) in [6, 6.07) is 40.4. The Kier molecular flexibility index (Phi) is 13.3. The summed E-state index contributed by atoms with van der Waals surface area (Å²) in [6.45, 7) is 6.94. The smallest absolute Gasteiger partial charge is 0.368 e. The molecule has 7 nitrogen and oxygen atoms in total. The number of anilines is 2. The van der Waals surface area contributed by atoms with Crippen LogP contribution in [0.4, 0.5) is 24.5 Å². The number of alkyl halides is 3. The molecular weight excluding hydrogens is 803 g/mol. The second kappa shape index (κ2) is 18.9. The van der Waals surface area contributed by atoms with Crippen molar-refractivity contribution in [1.82, 2.24) is 14.7 Å². The van der Waals surface area contributed by atoms with Gasteiger partial charge in [0.1, 0.15) is 6.04 Å². The molecule has 0 saturated carbocycles. The summed E-state index contributed by atoms with van der Waals surface area (Å²) in [5.41, 5.74) is 4.95. The molecule has 0 spiro atoms. The van der Waals surface area contributed by atoms with Gasteiger partial charge in [-0.1, -0.05) is 107 Å². The fourth-order valence-electron chi connectivity index (χ4n) is 7.64. The zero-order chi connectivity index (χ0) is 40.5. The van der Waals surface area contributed by atoms with Gasteiger partial charge < -0.3 is 19.6 Å². The molecule has 5 aromatic rings. The Morgan fingerprint density at radius 1 is 0.655 bits per heavy atom. The highest BCUT2D eigenvalue weighted by atomic mass is 79.9. The molecule has 2 fully saturated rings. The summed E-state index contributed by atoms with van der Waals surface area (Å²) < 4.78 is 40.7. The molecule has 2 saturated heterocycles. The van der Waals surface area contributed by atoms with Crippen molar-refractivity contribution < 1.29 is 22.8 Å². The lowest BCUT2D eigenvalue weighted by Gasteiger charge is -2.39. The second-order valence-electron chi connectivity index (χ2n) is 14.8. The first-order valence-electron chi connectivity index (χ1n) is 19.7. The van der Waals surface area contributed by atoms with Gasteiger partial charge in [-0.2, -0.15) is 13.2 Å². The molecule has 11 heteroatoms. The first-order valence-corrected chi connectivity index (χ1v) is 20.5. The van der Waals surface area contributed by atoms with Crippen molar-refractivity contribution in [3.05, 3.63) is 172 Å². The Morgan fingerprint density at radius 2 is 1.22 bits per heavy atom. The first kappa shape index (κ1) is 40.8. The van der Waals surface area contributed by atoms with Gasteiger partial charge in [-0.05, 0) is 70.8 Å². The van der Waals surface area contributed by atoms with E-state index in [1.54, 1.807) is 4.90 Å². The lowest BCUT2D eigenvalue weighted by Crippen LogP contribution is -2.56. The summed E-state index contributed by atoms with van der Waals surface area (Å²) in [5.74, 6) is -0.548. The number of halogens is 4. The van der Waals surface area contributed by atoms with Crippen LogP contribution in [-0.4, -0.2) is 84.9 Å². The van der Waals surface area contributed by atoms with Gasteiger partial charge in [-0.3, -0.25) is 14.5 Å². The van der Waals surface area contributed by atoms with Crippen molar-refractivity contribution in [2.75, 3.05) is 62.2 Å². The highest BCUT2D eigenvalue weighted by molar-refractivity contribution is 9.10. The van der Waals surface area contributed by atoms with E-state index >= 15 is 0 Å². The molecule has 2 heterocycles. The van der Waals surface area contributed by atoms with E-state index < -0.39 is 23.7 Å². The summed E-state index contributed by atoms with van der Waals surface area (Å²) in [6.07, 6.45) is -1.32. The van der Waals surface area contributed by atoms with Crippen LogP contribution < -0.4 is 9.80 Å². The topological polar surface area (TPSA) is 50.3 Å². The maximum absolute atomic E-state index is 14.8. The summed E-state index contributed by atoms with van der Waals surface area (Å²) in [5, 5.41) is 0. The Morgan fingerprint density at radius 3 is 1.83 bits per heavy atom. The maximum atomic E-state index is 14.8. The molecule has 0 aliphatic carbocycles. The number of para-hydroxylation sites is 1. The van der Waals surface area contributed by atoms with Crippen LogP contribution in [0.15, 0.2) is 144 Å². The van der Waals surface area contributed by atoms with Gasteiger partial charge >= 0.3 is 6.18 Å². The van der Waals surface area contributed by atoms with Gasteiger partial charge in [0, 0.05) is 93.8 Å². The number of hydrogen-bond acceptors (Lipinski definition) is 5. The number of amides is 2. The third-order valence-electron chi connectivity index (χ3n) is 11.0. The van der Waals surface area contributed by atoms with Crippen molar-refractivity contribution in [3.8, 4) is 0 Å². The zero-order valence-electron chi connectivity index (χ0n) is 32.3. The minimum atomic E-state index is -4.47. The standard InChI is InChI=1S/C47H47BrF3N5O2/c48-43-14-8-7-11-39(43)33-44(46(58)55-27-25-52(26-28-55)34-37-9-3-1-4-10-37)56(45(57)24-19-36-15-20-40(21-16-36)47(49,50)51)35-38-17-22-42(23-18-38)54-31-29-53(30-32-54)41-12-5-2-6-13-41/h1-24,44H,25-35H2/b24-19+/t44-/m0/s1. The van der Waals surface area contributed by atoms with Crippen molar-refractivity contribution in [2.45, 2.75) is 31.7 Å². The van der Waals surface area contributed by atoms with Crippen molar-refractivity contribution in [3.63, 3.8) is 0 Å². The minimum Gasteiger partial charge on any atom is -0.368 e. The third kappa shape index (κ3) is 10.6. The lowest BCUT2D eigenvalue weighted by atomic mass is 10.0. The number of carbonyl (C=O) groups is 2. The van der Waals surface area contributed by atoms with Crippen LogP contribution in [0.5, 0.6) is 0 Å². The van der Waals surface area contributed by atoms with Gasteiger partial charge in [-0.15, -0.1) is 0 Å². The Balaban J connectivity index is 1.13. The maximum Gasteiger partial charge on any atom is 0.416 e. The van der Waals surface area contributed by atoms with Crippen molar-refractivity contribution in [1.29, 1.82) is 0 Å². The molecule has 300 valence electrons. The Bertz CT molecular complexity index is 2130. The molecule has 0 radical (unpaired) electrons. The van der Waals surface area contributed by atoms with Crippen molar-refractivity contribution in [2.24, 2.45) is 0 Å². The van der Waals surface area contributed by atoms with Crippen LogP contribution in [0, 0.1) is 0 Å². The van der Waals surface area contributed by atoms with Crippen LogP contribution in [0.1, 0.15) is 27.8 Å². The first-order chi connectivity index (χ1) is 28.1. The molecule has 58 heavy (non-hydrogen) atoms. The van der Waals surface area contributed by atoms with E-state index in [0.29, 0.717) is 31.7 Å². The minimum absolute atomic E-state index is 0.140. The molecule has 0 bridgehead atoms. The largest absolute Gasteiger partial charge is 0.416 e.